The zero-order valence-electron chi connectivity index (χ0n) is 12.5. The van der Waals surface area contributed by atoms with E-state index in [-0.39, 0.29) is 11.4 Å². The number of hydrogen-bond donors (Lipinski definition) is 1. The lowest BCUT2D eigenvalue weighted by atomic mass is 10.1. The molecule has 1 aromatic carbocycles. The van der Waals surface area contributed by atoms with Crippen molar-refractivity contribution in [1.82, 2.24) is 10.2 Å². The molecule has 4 heteroatoms. The second kappa shape index (κ2) is 6.42. The van der Waals surface area contributed by atoms with Crippen LogP contribution in [0.3, 0.4) is 0 Å². The fourth-order valence-electron chi connectivity index (χ4n) is 2.64. The monoisotopic (exact) mass is 298 g/mol. The first-order chi connectivity index (χ1) is 9.35. The van der Waals surface area contributed by atoms with E-state index in [1.54, 1.807) is 12.1 Å². The minimum atomic E-state index is -0.163. The van der Waals surface area contributed by atoms with E-state index < -0.39 is 0 Å². The van der Waals surface area contributed by atoms with E-state index in [1.807, 2.05) is 0 Å². The van der Waals surface area contributed by atoms with E-state index >= 15 is 0 Å². The Bertz CT molecular complexity index is 456. The number of likely N-dealkylation sites (tertiary alicyclic amines) is 1. The maximum atomic E-state index is 13.8. The van der Waals surface area contributed by atoms with Crippen LogP contribution in [0.25, 0.3) is 0 Å². The van der Waals surface area contributed by atoms with Crippen LogP contribution in [0.15, 0.2) is 18.2 Å². The highest BCUT2D eigenvalue weighted by molar-refractivity contribution is 6.30. The van der Waals surface area contributed by atoms with Crippen LogP contribution < -0.4 is 5.32 Å². The molecule has 0 saturated carbocycles. The van der Waals surface area contributed by atoms with E-state index in [0.29, 0.717) is 23.2 Å². The van der Waals surface area contributed by atoms with Crippen LogP contribution in [-0.2, 0) is 6.54 Å². The number of benzene rings is 1. The summed E-state index contributed by atoms with van der Waals surface area (Å²) in [6, 6.07) is 5.27. The zero-order valence-corrected chi connectivity index (χ0v) is 13.3. The summed E-state index contributed by atoms with van der Waals surface area (Å²) < 4.78 is 13.8. The minimum Gasteiger partial charge on any atom is -0.311 e. The third-order valence-corrected chi connectivity index (χ3v) is 3.98. The van der Waals surface area contributed by atoms with Crippen molar-refractivity contribution in [1.29, 1.82) is 0 Å². The van der Waals surface area contributed by atoms with Gasteiger partial charge in [0, 0.05) is 35.3 Å². The Morgan fingerprint density at radius 2 is 2.15 bits per heavy atom. The van der Waals surface area contributed by atoms with Crippen molar-refractivity contribution in [2.75, 3.05) is 13.1 Å². The molecule has 2 nitrogen and oxygen atoms in total. The fourth-order valence-corrected chi connectivity index (χ4v) is 2.84. The van der Waals surface area contributed by atoms with Gasteiger partial charge in [-0.2, -0.15) is 0 Å². The summed E-state index contributed by atoms with van der Waals surface area (Å²) in [6.07, 6.45) is 2.35. The molecule has 1 fully saturated rings. The third kappa shape index (κ3) is 4.44. The normalized spacial score (nSPS) is 20.6. The Morgan fingerprint density at radius 3 is 2.85 bits per heavy atom. The summed E-state index contributed by atoms with van der Waals surface area (Å²) in [6.45, 7) is 9.13. The van der Waals surface area contributed by atoms with E-state index in [4.69, 9.17) is 11.6 Å². The van der Waals surface area contributed by atoms with Crippen molar-refractivity contribution in [3.8, 4) is 0 Å². The second-order valence-electron chi connectivity index (χ2n) is 6.63. The van der Waals surface area contributed by atoms with Gasteiger partial charge in [0.2, 0.25) is 0 Å². The molecule has 0 spiro atoms. The largest absolute Gasteiger partial charge is 0.311 e. The van der Waals surface area contributed by atoms with Gasteiger partial charge in [0.05, 0.1) is 0 Å². The van der Waals surface area contributed by atoms with Crippen molar-refractivity contribution < 1.29 is 4.39 Å². The number of nitrogens with one attached hydrogen (secondary N) is 1. The molecule has 1 saturated heterocycles. The quantitative estimate of drug-likeness (QED) is 0.909. The highest BCUT2D eigenvalue weighted by atomic mass is 35.5. The van der Waals surface area contributed by atoms with Crippen molar-refractivity contribution >= 4 is 11.6 Å². The average Bonchev–Trinajstić information content (AvgIpc) is 2.78. The molecule has 2 rings (SSSR count). The first-order valence-corrected chi connectivity index (χ1v) is 7.66. The van der Waals surface area contributed by atoms with Crippen LogP contribution in [0.4, 0.5) is 4.39 Å². The lowest BCUT2D eigenvalue weighted by Crippen LogP contribution is -2.45. The molecule has 1 unspecified atom stereocenters. The number of rotatable bonds is 4. The lowest BCUT2D eigenvalue weighted by Gasteiger charge is -2.29. The summed E-state index contributed by atoms with van der Waals surface area (Å²) in [5.74, 6) is -0.163. The molecule has 0 radical (unpaired) electrons. The first kappa shape index (κ1) is 15.7. The average molecular weight is 299 g/mol. The Morgan fingerprint density at radius 1 is 1.40 bits per heavy atom. The van der Waals surface area contributed by atoms with Gasteiger partial charge >= 0.3 is 0 Å². The van der Waals surface area contributed by atoms with Crippen molar-refractivity contribution in [3.05, 3.63) is 34.6 Å². The van der Waals surface area contributed by atoms with Crippen LogP contribution in [0.2, 0.25) is 5.02 Å². The number of hydrogen-bond acceptors (Lipinski definition) is 2. The molecule has 20 heavy (non-hydrogen) atoms. The molecule has 0 aromatic heterocycles. The molecule has 1 N–H and O–H groups in total. The van der Waals surface area contributed by atoms with Gasteiger partial charge in [-0.1, -0.05) is 11.6 Å². The standard InChI is InChI=1S/C16H24ClFN2/c1-16(2,3)19-10-14-5-4-8-20(14)11-12-9-13(17)6-7-15(12)18/h6-7,9,14,19H,4-5,8,10-11H2,1-3H3. The smallest absolute Gasteiger partial charge is 0.127 e. The maximum Gasteiger partial charge on any atom is 0.127 e. The first-order valence-electron chi connectivity index (χ1n) is 7.28. The summed E-state index contributed by atoms with van der Waals surface area (Å²) in [7, 11) is 0. The molecule has 1 atom stereocenters. The Hall–Kier alpha value is -0.640. The topological polar surface area (TPSA) is 15.3 Å². The van der Waals surface area contributed by atoms with Gasteiger partial charge in [0.1, 0.15) is 5.82 Å². The van der Waals surface area contributed by atoms with Gasteiger partial charge in [-0.3, -0.25) is 4.90 Å². The summed E-state index contributed by atoms with van der Waals surface area (Å²) >= 11 is 5.96. The van der Waals surface area contributed by atoms with Crippen LogP contribution in [0, 0.1) is 5.82 Å². The van der Waals surface area contributed by atoms with Crippen LogP contribution in [0.1, 0.15) is 39.2 Å². The SMILES string of the molecule is CC(C)(C)NCC1CCCN1Cc1cc(Cl)ccc1F. The van der Waals surface area contributed by atoms with Crippen LogP contribution in [0.5, 0.6) is 0 Å². The highest BCUT2D eigenvalue weighted by Crippen LogP contribution is 2.23. The highest BCUT2D eigenvalue weighted by Gasteiger charge is 2.26. The predicted molar refractivity (Wildman–Crippen MR) is 82.6 cm³/mol. The van der Waals surface area contributed by atoms with Crippen molar-refractivity contribution in [2.45, 2.75) is 51.7 Å². The molecule has 0 aliphatic carbocycles. The molecule has 1 aromatic rings. The number of nitrogens with zero attached hydrogens (tertiary/aromatic N) is 1. The van der Waals surface area contributed by atoms with E-state index in [2.05, 4.69) is 31.0 Å². The van der Waals surface area contributed by atoms with E-state index in [1.165, 1.54) is 18.9 Å². The van der Waals surface area contributed by atoms with Gasteiger partial charge in [0.15, 0.2) is 0 Å². The fraction of sp³-hybridized carbons (Fsp3) is 0.625. The van der Waals surface area contributed by atoms with Gasteiger partial charge < -0.3 is 5.32 Å². The Kier molecular flexibility index (Phi) is 5.05. The molecule has 112 valence electrons. The molecule has 1 aliphatic heterocycles. The molecule has 1 aliphatic rings. The van der Waals surface area contributed by atoms with Gasteiger partial charge in [0.25, 0.3) is 0 Å². The Balaban J connectivity index is 1.99. The van der Waals surface area contributed by atoms with Crippen LogP contribution >= 0.6 is 11.6 Å². The molecule has 0 bridgehead atoms. The minimum absolute atomic E-state index is 0.121. The van der Waals surface area contributed by atoms with Gasteiger partial charge in [-0.25, -0.2) is 4.39 Å². The van der Waals surface area contributed by atoms with Gasteiger partial charge in [-0.05, 0) is 58.4 Å². The van der Waals surface area contributed by atoms with E-state index in [0.717, 1.165) is 13.1 Å². The molecular formula is C16H24ClFN2. The van der Waals surface area contributed by atoms with Crippen molar-refractivity contribution in [3.63, 3.8) is 0 Å². The summed E-state index contributed by atoms with van der Waals surface area (Å²) in [5, 5.41) is 4.15. The molecular weight excluding hydrogens is 275 g/mol. The molecule has 1 heterocycles. The van der Waals surface area contributed by atoms with Crippen molar-refractivity contribution in [2.24, 2.45) is 0 Å². The summed E-state index contributed by atoms with van der Waals surface area (Å²) in [5.41, 5.74) is 0.815. The maximum absolute atomic E-state index is 13.8. The Labute approximate surface area is 126 Å². The predicted octanol–water partition coefficient (Wildman–Crippen LogP) is 3.83. The van der Waals surface area contributed by atoms with Gasteiger partial charge in [-0.15, -0.1) is 0 Å². The number of halogens is 2. The third-order valence-electron chi connectivity index (χ3n) is 3.75. The molecule has 0 amide bonds. The summed E-state index contributed by atoms with van der Waals surface area (Å²) in [4.78, 5) is 2.35. The van der Waals surface area contributed by atoms with Crippen LogP contribution in [-0.4, -0.2) is 29.6 Å². The lowest BCUT2D eigenvalue weighted by molar-refractivity contribution is 0.223. The zero-order chi connectivity index (χ0) is 14.8. The van der Waals surface area contributed by atoms with E-state index in [9.17, 15) is 4.39 Å². The second-order valence-corrected chi connectivity index (χ2v) is 7.07.